The number of rotatable bonds is 4. The first-order chi connectivity index (χ1) is 10.1. The molecule has 0 aliphatic carbocycles. The fourth-order valence-electron chi connectivity index (χ4n) is 2.21. The third kappa shape index (κ3) is 4.54. The molecule has 1 fully saturated rings. The average Bonchev–Trinajstić information content (AvgIpc) is 2.49. The van der Waals surface area contributed by atoms with Crippen LogP contribution in [-0.4, -0.2) is 56.1 Å². The number of carbonyl (C=O) groups is 2. The van der Waals surface area contributed by atoms with E-state index in [2.05, 4.69) is 10.6 Å². The molecule has 0 spiro atoms. The van der Waals surface area contributed by atoms with Crippen molar-refractivity contribution in [3.8, 4) is 0 Å². The van der Waals surface area contributed by atoms with Crippen LogP contribution in [0, 0.1) is 6.92 Å². The molecule has 1 atom stereocenters. The first-order valence-electron chi connectivity index (χ1n) is 7.00. The molecule has 1 unspecified atom stereocenters. The minimum absolute atomic E-state index is 0.0867. The van der Waals surface area contributed by atoms with Gasteiger partial charge in [0, 0.05) is 25.8 Å². The highest BCUT2D eigenvalue weighted by atomic mass is 16.5. The molecule has 0 bridgehead atoms. The Morgan fingerprint density at radius 2 is 2.05 bits per heavy atom. The lowest BCUT2D eigenvalue weighted by Gasteiger charge is -2.31. The standard InChI is InChI=1S/C15H21N3O3/c1-11-3-5-12(6-4-11)17-14(19)10-18-7-8-21-13(9-18)15(20)16-2/h3-6,13H,7-10H2,1-2H3,(H,16,20)(H,17,19). The van der Waals surface area contributed by atoms with Crippen molar-refractivity contribution in [1.29, 1.82) is 0 Å². The van der Waals surface area contributed by atoms with Crippen LogP contribution in [-0.2, 0) is 14.3 Å². The molecule has 1 heterocycles. The minimum Gasteiger partial charge on any atom is -0.366 e. The lowest BCUT2D eigenvalue weighted by Crippen LogP contribution is -2.50. The number of anilines is 1. The van der Waals surface area contributed by atoms with E-state index in [0.29, 0.717) is 19.7 Å². The lowest BCUT2D eigenvalue weighted by molar-refractivity contribution is -0.139. The molecule has 6 heteroatoms. The fourth-order valence-corrected chi connectivity index (χ4v) is 2.21. The molecular formula is C15H21N3O3. The number of aryl methyl sites for hydroxylation is 1. The van der Waals surface area contributed by atoms with Crippen LogP contribution in [0.1, 0.15) is 5.56 Å². The Morgan fingerprint density at radius 3 is 2.71 bits per heavy atom. The summed E-state index contributed by atoms with van der Waals surface area (Å²) in [4.78, 5) is 25.5. The van der Waals surface area contributed by atoms with Gasteiger partial charge in [-0.1, -0.05) is 17.7 Å². The summed E-state index contributed by atoms with van der Waals surface area (Å²) >= 11 is 0. The Balaban J connectivity index is 1.84. The maximum absolute atomic E-state index is 12.0. The van der Waals surface area contributed by atoms with Crippen molar-refractivity contribution in [2.24, 2.45) is 0 Å². The second-order valence-electron chi connectivity index (χ2n) is 5.12. The molecule has 0 radical (unpaired) electrons. The van der Waals surface area contributed by atoms with Gasteiger partial charge in [-0.05, 0) is 19.1 Å². The molecule has 114 valence electrons. The SMILES string of the molecule is CNC(=O)C1CN(CC(=O)Nc2ccc(C)cc2)CCO1. The predicted octanol–water partition coefficient (Wildman–Crippen LogP) is 0.380. The van der Waals surface area contributed by atoms with E-state index in [1.165, 1.54) is 0 Å². The highest BCUT2D eigenvalue weighted by molar-refractivity contribution is 5.92. The van der Waals surface area contributed by atoms with Crippen molar-refractivity contribution in [2.45, 2.75) is 13.0 Å². The Hall–Kier alpha value is -1.92. The molecule has 6 nitrogen and oxygen atoms in total. The number of morpholine rings is 1. The maximum atomic E-state index is 12.0. The second kappa shape index (κ2) is 7.19. The van der Waals surface area contributed by atoms with Crippen molar-refractivity contribution in [2.75, 3.05) is 38.6 Å². The van der Waals surface area contributed by atoms with Crippen molar-refractivity contribution < 1.29 is 14.3 Å². The molecule has 2 N–H and O–H groups in total. The molecule has 21 heavy (non-hydrogen) atoms. The van der Waals surface area contributed by atoms with Gasteiger partial charge in [-0.3, -0.25) is 14.5 Å². The van der Waals surface area contributed by atoms with Gasteiger partial charge in [0.2, 0.25) is 11.8 Å². The Bertz CT molecular complexity index is 501. The molecule has 1 aromatic carbocycles. The van der Waals surface area contributed by atoms with E-state index in [9.17, 15) is 9.59 Å². The molecule has 1 aromatic rings. The predicted molar refractivity (Wildman–Crippen MR) is 80.1 cm³/mol. The van der Waals surface area contributed by atoms with Crippen LogP contribution >= 0.6 is 0 Å². The highest BCUT2D eigenvalue weighted by Gasteiger charge is 2.26. The second-order valence-corrected chi connectivity index (χ2v) is 5.12. The Morgan fingerprint density at radius 1 is 1.33 bits per heavy atom. The van der Waals surface area contributed by atoms with Gasteiger partial charge in [0.15, 0.2) is 0 Å². The zero-order chi connectivity index (χ0) is 15.2. The number of likely N-dealkylation sites (N-methyl/N-ethyl adjacent to an activating group) is 1. The summed E-state index contributed by atoms with van der Waals surface area (Å²) in [6.07, 6.45) is -0.504. The van der Waals surface area contributed by atoms with E-state index in [1.807, 2.05) is 36.1 Å². The van der Waals surface area contributed by atoms with Gasteiger partial charge in [-0.25, -0.2) is 0 Å². The van der Waals surface area contributed by atoms with Crippen molar-refractivity contribution >= 4 is 17.5 Å². The van der Waals surface area contributed by atoms with E-state index >= 15 is 0 Å². The molecule has 1 aliphatic heterocycles. The van der Waals surface area contributed by atoms with Crippen LogP contribution in [0.3, 0.4) is 0 Å². The molecule has 0 saturated carbocycles. The van der Waals surface area contributed by atoms with Gasteiger partial charge < -0.3 is 15.4 Å². The quantitative estimate of drug-likeness (QED) is 0.841. The fraction of sp³-hybridized carbons (Fsp3) is 0.467. The average molecular weight is 291 g/mol. The van der Waals surface area contributed by atoms with E-state index in [4.69, 9.17) is 4.74 Å². The summed E-state index contributed by atoms with van der Waals surface area (Å²) < 4.78 is 5.39. The summed E-state index contributed by atoms with van der Waals surface area (Å²) in [5, 5.41) is 5.42. The van der Waals surface area contributed by atoms with E-state index < -0.39 is 6.10 Å². The topological polar surface area (TPSA) is 70.7 Å². The number of nitrogens with zero attached hydrogens (tertiary/aromatic N) is 1. The zero-order valence-electron chi connectivity index (χ0n) is 12.4. The number of amides is 2. The summed E-state index contributed by atoms with van der Waals surface area (Å²) in [7, 11) is 1.58. The normalized spacial score (nSPS) is 19.0. The Labute approximate surface area is 124 Å². The lowest BCUT2D eigenvalue weighted by atomic mass is 10.2. The van der Waals surface area contributed by atoms with Crippen molar-refractivity contribution in [3.63, 3.8) is 0 Å². The Kier molecular flexibility index (Phi) is 5.30. The number of nitrogens with one attached hydrogen (secondary N) is 2. The zero-order valence-corrected chi connectivity index (χ0v) is 12.4. The van der Waals surface area contributed by atoms with Gasteiger partial charge in [0.1, 0.15) is 6.10 Å². The summed E-state index contributed by atoms with van der Waals surface area (Å²) in [5.41, 5.74) is 1.93. The summed E-state index contributed by atoms with van der Waals surface area (Å²) in [5.74, 6) is -0.241. The molecule has 0 aromatic heterocycles. The number of carbonyl (C=O) groups excluding carboxylic acids is 2. The number of benzene rings is 1. The largest absolute Gasteiger partial charge is 0.366 e. The van der Waals surface area contributed by atoms with E-state index in [-0.39, 0.29) is 18.4 Å². The first kappa shape index (κ1) is 15.5. The molecule has 1 aliphatic rings. The van der Waals surface area contributed by atoms with Crippen LogP contribution in [0.5, 0.6) is 0 Å². The highest BCUT2D eigenvalue weighted by Crippen LogP contribution is 2.09. The van der Waals surface area contributed by atoms with Crippen LogP contribution < -0.4 is 10.6 Å². The smallest absolute Gasteiger partial charge is 0.250 e. The third-order valence-electron chi connectivity index (χ3n) is 3.39. The van der Waals surface area contributed by atoms with E-state index in [1.54, 1.807) is 7.05 Å². The third-order valence-corrected chi connectivity index (χ3v) is 3.39. The van der Waals surface area contributed by atoms with Crippen LogP contribution in [0.4, 0.5) is 5.69 Å². The number of ether oxygens (including phenoxy) is 1. The van der Waals surface area contributed by atoms with Crippen LogP contribution in [0.25, 0.3) is 0 Å². The maximum Gasteiger partial charge on any atom is 0.250 e. The van der Waals surface area contributed by atoms with E-state index in [0.717, 1.165) is 11.3 Å². The molecular weight excluding hydrogens is 270 g/mol. The molecule has 2 rings (SSSR count). The molecule has 1 saturated heterocycles. The van der Waals surface area contributed by atoms with Gasteiger partial charge in [0.05, 0.1) is 13.2 Å². The van der Waals surface area contributed by atoms with Crippen molar-refractivity contribution in [1.82, 2.24) is 10.2 Å². The van der Waals surface area contributed by atoms with Gasteiger partial charge in [-0.15, -0.1) is 0 Å². The van der Waals surface area contributed by atoms with Gasteiger partial charge in [0.25, 0.3) is 0 Å². The van der Waals surface area contributed by atoms with Crippen molar-refractivity contribution in [3.05, 3.63) is 29.8 Å². The first-order valence-corrected chi connectivity index (χ1v) is 7.00. The molecule has 2 amide bonds. The summed E-state index contributed by atoms with van der Waals surface area (Å²) in [6, 6.07) is 7.65. The summed E-state index contributed by atoms with van der Waals surface area (Å²) in [6.45, 7) is 3.79. The number of hydrogen-bond acceptors (Lipinski definition) is 4. The monoisotopic (exact) mass is 291 g/mol. The van der Waals surface area contributed by atoms with Crippen LogP contribution in [0.15, 0.2) is 24.3 Å². The minimum atomic E-state index is -0.504. The van der Waals surface area contributed by atoms with Crippen LogP contribution in [0.2, 0.25) is 0 Å². The number of hydrogen-bond donors (Lipinski definition) is 2. The van der Waals surface area contributed by atoms with Gasteiger partial charge >= 0.3 is 0 Å². The van der Waals surface area contributed by atoms with Gasteiger partial charge in [-0.2, -0.15) is 0 Å².